The molecule has 0 spiro atoms. The van der Waals surface area contributed by atoms with Crippen molar-refractivity contribution in [3.63, 3.8) is 0 Å². The van der Waals surface area contributed by atoms with E-state index < -0.39 is 0 Å². The van der Waals surface area contributed by atoms with Crippen molar-refractivity contribution < 1.29 is 4.74 Å². The second-order valence-corrected chi connectivity index (χ2v) is 4.92. The van der Waals surface area contributed by atoms with Crippen LogP contribution in [0.15, 0.2) is 18.2 Å². The quantitative estimate of drug-likeness (QED) is 0.913. The lowest BCUT2D eigenvalue weighted by atomic mass is 10.2. The van der Waals surface area contributed by atoms with Gasteiger partial charge in [0.1, 0.15) is 11.6 Å². The number of nitrogens with zero attached hydrogens (tertiary/aromatic N) is 2. The molecule has 96 valence electrons. The van der Waals surface area contributed by atoms with E-state index in [0.29, 0.717) is 22.5 Å². The SMILES string of the molecule is CCCc1nsc(Oc2ccc(CN)cc2Cl)n1. The van der Waals surface area contributed by atoms with Crippen LogP contribution in [-0.4, -0.2) is 9.36 Å². The maximum atomic E-state index is 6.10. The molecule has 0 aliphatic carbocycles. The zero-order chi connectivity index (χ0) is 13.0. The first-order valence-electron chi connectivity index (χ1n) is 5.72. The summed E-state index contributed by atoms with van der Waals surface area (Å²) in [6.45, 7) is 2.55. The average Bonchev–Trinajstić information content (AvgIpc) is 2.80. The number of hydrogen-bond donors (Lipinski definition) is 1. The summed E-state index contributed by atoms with van der Waals surface area (Å²) < 4.78 is 9.82. The highest BCUT2D eigenvalue weighted by Gasteiger charge is 2.08. The van der Waals surface area contributed by atoms with Crippen LogP contribution in [0.1, 0.15) is 24.7 Å². The molecule has 2 aromatic rings. The molecule has 0 radical (unpaired) electrons. The fourth-order valence-electron chi connectivity index (χ4n) is 1.45. The molecule has 0 bridgehead atoms. The molecule has 0 aliphatic rings. The van der Waals surface area contributed by atoms with Gasteiger partial charge >= 0.3 is 0 Å². The largest absolute Gasteiger partial charge is 0.428 e. The molecule has 0 unspecified atom stereocenters. The molecule has 18 heavy (non-hydrogen) atoms. The second-order valence-electron chi connectivity index (χ2n) is 3.80. The maximum Gasteiger partial charge on any atom is 0.298 e. The molecule has 4 nitrogen and oxygen atoms in total. The molecule has 0 fully saturated rings. The van der Waals surface area contributed by atoms with Crippen molar-refractivity contribution in [2.24, 2.45) is 5.73 Å². The van der Waals surface area contributed by atoms with Crippen LogP contribution in [0.3, 0.4) is 0 Å². The minimum absolute atomic E-state index is 0.458. The topological polar surface area (TPSA) is 61.0 Å². The van der Waals surface area contributed by atoms with Crippen LogP contribution < -0.4 is 10.5 Å². The van der Waals surface area contributed by atoms with E-state index in [1.54, 1.807) is 12.1 Å². The zero-order valence-electron chi connectivity index (χ0n) is 10.0. The Morgan fingerprint density at radius 3 is 2.94 bits per heavy atom. The molecule has 6 heteroatoms. The van der Waals surface area contributed by atoms with Gasteiger partial charge in [0.15, 0.2) is 0 Å². The Hall–Kier alpha value is -1.17. The van der Waals surface area contributed by atoms with Crippen molar-refractivity contribution in [2.75, 3.05) is 0 Å². The minimum atomic E-state index is 0.458. The van der Waals surface area contributed by atoms with Gasteiger partial charge in [-0.25, -0.2) is 0 Å². The molecular formula is C12H14ClN3OS. The molecule has 0 saturated carbocycles. The standard InChI is InChI=1S/C12H14ClN3OS/c1-2-3-11-15-12(18-16-11)17-10-5-4-8(7-14)6-9(10)13/h4-6H,2-3,7,14H2,1H3. The summed E-state index contributed by atoms with van der Waals surface area (Å²) in [7, 11) is 0. The molecule has 1 aromatic heterocycles. The first-order chi connectivity index (χ1) is 8.72. The molecular weight excluding hydrogens is 270 g/mol. The van der Waals surface area contributed by atoms with Gasteiger partial charge in [-0.3, -0.25) is 0 Å². The van der Waals surface area contributed by atoms with Gasteiger partial charge in [0, 0.05) is 24.5 Å². The van der Waals surface area contributed by atoms with Gasteiger partial charge in [-0.05, 0) is 24.1 Å². The molecule has 1 aromatic carbocycles. The maximum absolute atomic E-state index is 6.10. The first-order valence-corrected chi connectivity index (χ1v) is 6.87. The summed E-state index contributed by atoms with van der Waals surface area (Å²) in [5, 5.41) is 1.05. The predicted octanol–water partition coefficient (Wildman–Crippen LogP) is 3.40. The van der Waals surface area contributed by atoms with Gasteiger partial charge in [0.05, 0.1) is 5.02 Å². The predicted molar refractivity (Wildman–Crippen MR) is 73.3 cm³/mol. The van der Waals surface area contributed by atoms with E-state index in [2.05, 4.69) is 16.3 Å². The number of ether oxygens (including phenoxy) is 1. The fraction of sp³-hybridized carbons (Fsp3) is 0.333. The highest BCUT2D eigenvalue weighted by Crippen LogP contribution is 2.30. The van der Waals surface area contributed by atoms with Crippen molar-refractivity contribution in [3.05, 3.63) is 34.6 Å². The van der Waals surface area contributed by atoms with Crippen LogP contribution >= 0.6 is 23.1 Å². The first kappa shape index (κ1) is 13.3. The molecule has 0 saturated heterocycles. The molecule has 1 heterocycles. The third kappa shape index (κ3) is 3.19. The van der Waals surface area contributed by atoms with E-state index in [-0.39, 0.29) is 0 Å². The van der Waals surface area contributed by atoms with E-state index in [1.165, 1.54) is 11.5 Å². The lowest BCUT2D eigenvalue weighted by Crippen LogP contribution is -1.96. The number of aryl methyl sites for hydroxylation is 1. The molecule has 0 amide bonds. The van der Waals surface area contributed by atoms with E-state index in [4.69, 9.17) is 22.1 Å². The highest BCUT2D eigenvalue weighted by atomic mass is 35.5. The molecule has 2 rings (SSSR count). The van der Waals surface area contributed by atoms with Crippen molar-refractivity contribution >= 4 is 23.1 Å². The Balaban J connectivity index is 2.12. The Bertz CT molecular complexity index is 530. The number of aromatic nitrogens is 2. The van der Waals surface area contributed by atoms with E-state index in [1.807, 2.05) is 6.07 Å². The third-order valence-corrected chi connectivity index (χ3v) is 3.28. The summed E-state index contributed by atoms with van der Waals surface area (Å²) in [5.41, 5.74) is 6.51. The summed E-state index contributed by atoms with van der Waals surface area (Å²) in [6.07, 6.45) is 1.88. The van der Waals surface area contributed by atoms with Gasteiger partial charge in [0.2, 0.25) is 0 Å². The molecule has 2 N–H and O–H groups in total. The number of halogens is 1. The van der Waals surface area contributed by atoms with Gasteiger partial charge in [-0.1, -0.05) is 24.6 Å². The number of benzene rings is 1. The summed E-state index contributed by atoms with van der Waals surface area (Å²) >= 11 is 7.34. The van der Waals surface area contributed by atoms with Crippen LogP contribution in [0, 0.1) is 0 Å². The van der Waals surface area contributed by atoms with Crippen molar-refractivity contribution in [1.82, 2.24) is 9.36 Å². The van der Waals surface area contributed by atoms with E-state index >= 15 is 0 Å². The average molecular weight is 284 g/mol. The van der Waals surface area contributed by atoms with E-state index in [0.717, 1.165) is 24.2 Å². The fourth-order valence-corrected chi connectivity index (χ4v) is 2.28. The third-order valence-electron chi connectivity index (χ3n) is 2.35. The zero-order valence-corrected chi connectivity index (χ0v) is 11.6. The van der Waals surface area contributed by atoms with Gasteiger partial charge in [0.25, 0.3) is 5.19 Å². The summed E-state index contributed by atoms with van der Waals surface area (Å²) in [5.74, 6) is 1.39. The highest BCUT2D eigenvalue weighted by molar-refractivity contribution is 7.07. The Kier molecular flexibility index (Phi) is 4.52. The normalized spacial score (nSPS) is 10.6. The van der Waals surface area contributed by atoms with Crippen LogP contribution in [0.25, 0.3) is 0 Å². The lowest BCUT2D eigenvalue weighted by molar-refractivity contribution is 0.477. The van der Waals surface area contributed by atoms with Crippen LogP contribution in [-0.2, 0) is 13.0 Å². The molecule has 0 atom stereocenters. The summed E-state index contributed by atoms with van der Waals surface area (Å²) in [4.78, 5) is 4.28. The van der Waals surface area contributed by atoms with Crippen LogP contribution in [0.4, 0.5) is 0 Å². The van der Waals surface area contributed by atoms with Crippen molar-refractivity contribution in [1.29, 1.82) is 0 Å². The van der Waals surface area contributed by atoms with Crippen LogP contribution in [0.5, 0.6) is 10.9 Å². The Morgan fingerprint density at radius 1 is 1.44 bits per heavy atom. The van der Waals surface area contributed by atoms with Crippen LogP contribution in [0.2, 0.25) is 5.02 Å². The Morgan fingerprint density at radius 2 is 2.28 bits per heavy atom. The van der Waals surface area contributed by atoms with Gasteiger partial charge < -0.3 is 10.5 Å². The Labute approximate surface area is 115 Å². The summed E-state index contributed by atoms with van der Waals surface area (Å²) in [6, 6.07) is 5.48. The number of rotatable bonds is 5. The van der Waals surface area contributed by atoms with Gasteiger partial charge in [-0.15, -0.1) is 0 Å². The number of hydrogen-bond acceptors (Lipinski definition) is 5. The minimum Gasteiger partial charge on any atom is -0.428 e. The van der Waals surface area contributed by atoms with Crippen molar-refractivity contribution in [2.45, 2.75) is 26.3 Å². The number of nitrogens with two attached hydrogens (primary N) is 1. The smallest absolute Gasteiger partial charge is 0.298 e. The monoisotopic (exact) mass is 283 g/mol. The second kappa shape index (κ2) is 6.13. The van der Waals surface area contributed by atoms with E-state index in [9.17, 15) is 0 Å². The molecule has 0 aliphatic heterocycles. The van der Waals surface area contributed by atoms with Gasteiger partial charge in [-0.2, -0.15) is 9.36 Å². The van der Waals surface area contributed by atoms with Crippen molar-refractivity contribution in [3.8, 4) is 10.9 Å². The lowest BCUT2D eigenvalue weighted by Gasteiger charge is -2.05.